The highest BCUT2D eigenvalue weighted by Gasteiger charge is 2.16. The molecule has 162 valence electrons. The molecule has 0 aliphatic carbocycles. The second kappa shape index (κ2) is 10.3. The molecule has 0 spiro atoms. The Bertz CT molecular complexity index is 928. The van der Waals surface area contributed by atoms with E-state index in [0.29, 0.717) is 0 Å². The maximum Gasteiger partial charge on any atom is 0.414 e. The lowest BCUT2D eigenvalue weighted by Crippen LogP contribution is -2.20. The van der Waals surface area contributed by atoms with Crippen LogP contribution in [-0.2, 0) is 24.5 Å². The fourth-order valence-electron chi connectivity index (χ4n) is 3.12. The third kappa shape index (κ3) is 6.71. The van der Waals surface area contributed by atoms with Gasteiger partial charge in [0.25, 0.3) is 0 Å². The van der Waals surface area contributed by atoms with Gasteiger partial charge >= 0.3 is 5.23 Å². The van der Waals surface area contributed by atoms with Crippen molar-refractivity contribution in [1.29, 1.82) is 5.41 Å². The number of ether oxygens (including phenoxy) is 1. The molecular weight excluding hydrogens is 390 g/mol. The summed E-state index contributed by atoms with van der Waals surface area (Å²) in [5, 5.41) is 8.65. The second-order valence-electron chi connectivity index (χ2n) is 8.89. The van der Waals surface area contributed by atoms with Gasteiger partial charge in [-0.2, -0.15) is 0 Å². The molecule has 4 nitrogen and oxygen atoms in total. The molecule has 0 heterocycles. The van der Waals surface area contributed by atoms with E-state index in [1.807, 2.05) is 25.1 Å². The van der Waals surface area contributed by atoms with Gasteiger partial charge in [0.05, 0.1) is 12.6 Å². The van der Waals surface area contributed by atoms with Gasteiger partial charge in [-0.15, -0.1) is 4.99 Å². The largest absolute Gasteiger partial charge is 0.414 e. The lowest BCUT2D eigenvalue weighted by Gasteiger charge is -2.19. The van der Waals surface area contributed by atoms with E-state index in [-0.39, 0.29) is 16.5 Å². The summed E-state index contributed by atoms with van der Waals surface area (Å²) in [5.41, 5.74) is 5.56. The molecule has 1 N–H and O–H groups in total. The van der Waals surface area contributed by atoms with Crippen LogP contribution < -0.4 is 4.74 Å². The van der Waals surface area contributed by atoms with E-state index in [1.165, 1.54) is 16.7 Å². The molecule has 0 bridgehead atoms. The Hall–Kier alpha value is -2.11. The number of likely N-dealkylation sites (N-methyl/N-ethyl adjacent to an activating group) is 1. The Morgan fingerprint density at radius 2 is 1.83 bits per heavy atom. The van der Waals surface area contributed by atoms with E-state index in [9.17, 15) is 0 Å². The van der Waals surface area contributed by atoms with Crippen LogP contribution in [0.1, 0.15) is 55.5 Å². The number of amidine groups is 1. The smallest absolute Gasteiger partial charge is 0.402 e. The predicted molar refractivity (Wildman–Crippen MR) is 133 cm³/mol. The predicted octanol–water partition coefficient (Wildman–Crippen LogP) is 4.87. The third-order valence-electron chi connectivity index (χ3n) is 5.36. The highest BCUT2D eigenvalue weighted by atomic mass is 32.1. The Labute approximate surface area is 187 Å². The van der Waals surface area contributed by atoms with Crippen molar-refractivity contribution < 1.29 is 4.74 Å². The first-order valence-corrected chi connectivity index (χ1v) is 11.0. The summed E-state index contributed by atoms with van der Waals surface area (Å²) < 4.78 is 5.93. The van der Waals surface area contributed by atoms with Crippen molar-refractivity contribution in [2.45, 2.75) is 53.4 Å². The van der Waals surface area contributed by atoms with Gasteiger partial charge in [0.2, 0.25) is 0 Å². The second-order valence-corrected chi connectivity index (χ2v) is 9.32. The molecule has 0 fully saturated rings. The van der Waals surface area contributed by atoms with Crippen molar-refractivity contribution in [3.8, 4) is 5.75 Å². The summed E-state index contributed by atoms with van der Waals surface area (Å²) in [6.07, 6.45) is 1.01. The molecule has 0 saturated heterocycles. The minimum atomic E-state index is 0.0234. The number of rotatable bonds is 6. The summed E-state index contributed by atoms with van der Waals surface area (Å²) in [6.45, 7) is 14.9. The van der Waals surface area contributed by atoms with Crippen molar-refractivity contribution in [3.05, 3.63) is 64.2 Å². The zero-order chi connectivity index (χ0) is 22.5. The summed E-state index contributed by atoms with van der Waals surface area (Å²) in [6, 6.07) is 12.2. The molecule has 0 unspecified atom stereocenters. The van der Waals surface area contributed by atoms with Crippen LogP contribution in [0.3, 0.4) is 0 Å². The number of nitrogens with zero attached hydrogens (tertiary/aromatic N) is 2. The third-order valence-corrected chi connectivity index (χ3v) is 5.57. The quantitative estimate of drug-likeness (QED) is 0.407. The average molecular weight is 427 g/mol. The van der Waals surface area contributed by atoms with E-state index in [4.69, 9.17) is 10.1 Å². The fourth-order valence-corrected chi connectivity index (χ4v) is 3.35. The SMILES string of the molecule is CCN(C)CCc1cc(C)c(OC([SH2+])=NC(=N)c2cccc(C(C)(C)C)c2)cc1C. The number of hydrogen-bond acceptors (Lipinski definition) is 3. The first-order valence-electron chi connectivity index (χ1n) is 10.5. The van der Waals surface area contributed by atoms with Gasteiger partial charge in [-0.25, -0.2) is 0 Å². The number of hydrogen-bond donors (Lipinski definition) is 1. The fraction of sp³-hybridized carbons (Fsp3) is 0.440. The van der Waals surface area contributed by atoms with Crippen LogP contribution in [0.5, 0.6) is 5.75 Å². The molecule has 5 heteroatoms. The molecule has 0 aliphatic rings. The van der Waals surface area contributed by atoms with Gasteiger partial charge in [-0.05, 0) is 73.7 Å². The topological polar surface area (TPSA) is 48.7 Å². The van der Waals surface area contributed by atoms with Gasteiger partial charge in [-0.1, -0.05) is 52.0 Å². The molecule has 2 aromatic rings. The van der Waals surface area contributed by atoms with E-state index in [2.05, 4.69) is 82.4 Å². The van der Waals surface area contributed by atoms with E-state index in [1.54, 1.807) is 0 Å². The Kier molecular flexibility index (Phi) is 8.27. The van der Waals surface area contributed by atoms with Crippen molar-refractivity contribution in [3.63, 3.8) is 0 Å². The van der Waals surface area contributed by atoms with Gasteiger partial charge in [0.15, 0.2) is 5.84 Å². The van der Waals surface area contributed by atoms with Crippen molar-refractivity contribution in [1.82, 2.24) is 4.90 Å². The highest BCUT2D eigenvalue weighted by Crippen LogP contribution is 2.25. The minimum absolute atomic E-state index is 0.0234. The molecule has 0 aromatic heterocycles. The molecule has 0 radical (unpaired) electrons. The lowest BCUT2D eigenvalue weighted by atomic mass is 9.86. The average Bonchev–Trinajstić information content (AvgIpc) is 2.68. The zero-order valence-corrected chi connectivity index (χ0v) is 20.4. The molecule has 2 rings (SSSR count). The number of nitrogens with one attached hydrogen (secondary N) is 1. The van der Waals surface area contributed by atoms with Crippen molar-refractivity contribution in [2.24, 2.45) is 4.99 Å². The first-order chi connectivity index (χ1) is 14.0. The van der Waals surface area contributed by atoms with Gasteiger partial charge in [0.1, 0.15) is 5.75 Å². The molecule has 0 saturated carbocycles. The summed E-state index contributed by atoms with van der Waals surface area (Å²) in [4.78, 5) is 6.62. The zero-order valence-electron chi connectivity index (χ0n) is 19.4. The molecule has 0 aliphatic heterocycles. The van der Waals surface area contributed by atoms with Crippen LogP contribution in [0.25, 0.3) is 0 Å². The Balaban J connectivity index is 2.15. The Morgan fingerprint density at radius 1 is 1.13 bits per heavy atom. The maximum atomic E-state index is 8.37. The van der Waals surface area contributed by atoms with E-state index >= 15 is 0 Å². The van der Waals surface area contributed by atoms with E-state index < -0.39 is 0 Å². The lowest BCUT2D eigenvalue weighted by molar-refractivity contribution is 0.357. The maximum absolute atomic E-state index is 8.37. The van der Waals surface area contributed by atoms with Crippen LogP contribution in [0, 0.1) is 19.3 Å². The van der Waals surface area contributed by atoms with Crippen LogP contribution in [0.4, 0.5) is 0 Å². The standard InChI is InChI=1S/C25H35N3OS/c1-8-28(7)13-12-19-14-18(3)22(15-17(19)2)29-24(30)27-23(26)20-10-9-11-21(16-20)25(4,5)6/h9-11,14-16H,8,12-13H2,1-7H3,(H2,26,27,30)/p+1. The van der Waals surface area contributed by atoms with E-state index in [0.717, 1.165) is 36.4 Å². The first kappa shape index (κ1) is 24.2. The van der Waals surface area contributed by atoms with Gasteiger partial charge in [-0.3, -0.25) is 5.41 Å². The number of aryl methyl sites for hydroxylation is 2. The molecule has 0 atom stereocenters. The van der Waals surface area contributed by atoms with Crippen molar-refractivity contribution in [2.75, 3.05) is 20.1 Å². The molecular formula is C25H36N3OS+. The van der Waals surface area contributed by atoms with Crippen LogP contribution in [0.15, 0.2) is 41.4 Å². The molecule has 2 aromatic carbocycles. The molecule has 0 amide bonds. The van der Waals surface area contributed by atoms with Crippen LogP contribution >= 0.6 is 0 Å². The number of aliphatic imine (C=N–C) groups is 1. The highest BCUT2D eigenvalue weighted by molar-refractivity contribution is 7.77. The number of benzene rings is 2. The summed E-state index contributed by atoms with van der Waals surface area (Å²) in [5.74, 6) is 0.921. The van der Waals surface area contributed by atoms with Crippen LogP contribution in [-0.4, -0.2) is 36.1 Å². The molecule has 30 heavy (non-hydrogen) atoms. The van der Waals surface area contributed by atoms with Crippen molar-refractivity contribution >= 4 is 23.7 Å². The minimum Gasteiger partial charge on any atom is -0.402 e. The normalized spacial score (nSPS) is 12.4. The Morgan fingerprint density at radius 3 is 2.47 bits per heavy atom. The van der Waals surface area contributed by atoms with Crippen LogP contribution in [0.2, 0.25) is 0 Å². The summed E-state index contributed by atoms with van der Waals surface area (Å²) >= 11 is 3.45. The van der Waals surface area contributed by atoms with Gasteiger partial charge in [0, 0.05) is 12.1 Å². The summed E-state index contributed by atoms with van der Waals surface area (Å²) in [7, 11) is 2.14. The monoisotopic (exact) mass is 426 g/mol. The van der Waals surface area contributed by atoms with Gasteiger partial charge < -0.3 is 9.64 Å².